The number of nitrogens with one attached hydrogen (secondary N) is 1. The van der Waals surface area contributed by atoms with Crippen LogP contribution in [0.3, 0.4) is 0 Å². The Hall–Kier alpha value is -1.40. The number of amides is 3. The highest BCUT2D eigenvalue weighted by atomic mass is 35.5. The highest BCUT2D eigenvalue weighted by Gasteiger charge is 2.46. The predicted octanol–water partition coefficient (Wildman–Crippen LogP) is 4.59. The van der Waals surface area contributed by atoms with Gasteiger partial charge in [-0.25, -0.2) is 4.79 Å². The smallest absolute Gasteiger partial charge is 0.321 e. The molecule has 1 aromatic carbocycles. The van der Waals surface area contributed by atoms with E-state index in [9.17, 15) is 9.59 Å². The summed E-state index contributed by atoms with van der Waals surface area (Å²) in [5.74, 6) is 1.60. The third-order valence-electron chi connectivity index (χ3n) is 5.32. The number of rotatable bonds is 3. The molecule has 148 valence electrons. The number of halogens is 1. The highest BCUT2D eigenvalue weighted by molar-refractivity contribution is 8.00. The van der Waals surface area contributed by atoms with Crippen molar-refractivity contribution < 1.29 is 9.59 Å². The molecule has 1 N–H and O–H groups in total. The number of benzene rings is 1. The fourth-order valence-corrected chi connectivity index (χ4v) is 5.42. The Morgan fingerprint density at radius 3 is 2.59 bits per heavy atom. The Balaban J connectivity index is 1.59. The number of nitrogens with zero attached hydrogens (tertiary/aromatic N) is 2. The van der Waals surface area contributed by atoms with Gasteiger partial charge in [-0.3, -0.25) is 4.79 Å². The number of hydrogen-bond acceptors (Lipinski definition) is 3. The number of piperidine rings is 1. The van der Waals surface area contributed by atoms with Gasteiger partial charge in [-0.1, -0.05) is 31.5 Å². The summed E-state index contributed by atoms with van der Waals surface area (Å²) in [7, 11) is 0. The largest absolute Gasteiger partial charge is 0.327 e. The van der Waals surface area contributed by atoms with Crippen LogP contribution < -0.4 is 5.32 Å². The topological polar surface area (TPSA) is 52.7 Å². The quantitative estimate of drug-likeness (QED) is 0.794. The zero-order valence-electron chi connectivity index (χ0n) is 16.3. The van der Waals surface area contributed by atoms with Crippen LogP contribution in [0.15, 0.2) is 18.2 Å². The lowest BCUT2D eigenvalue weighted by molar-refractivity contribution is -0.135. The summed E-state index contributed by atoms with van der Waals surface area (Å²) in [4.78, 5) is 29.0. The predicted molar refractivity (Wildman–Crippen MR) is 112 cm³/mol. The molecule has 2 heterocycles. The molecule has 5 nitrogen and oxygen atoms in total. The molecule has 2 aliphatic rings. The monoisotopic (exact) mass is 409 g/mol. The molecule has 2 aliphatic heterocycles. The van der Waals surface area contributed by atoms with Crippen LogP contribution in [0, 0.1) is 12.8 Å². The van der Waals surface area contributed by atoms with Crippen molar-refractivity contribution in [3.8, 4) is 0 Å². The molecule has 3 amide bonds. The summed E-state index contributed by atoms with van der Waals surface area (Å²) in [6.45, 7) is 8.23. The fourth-order valence-electron chi connectivity index (χ4n) is 3.77. The minimum atomic E-state index is -0.129. The van der Waals surface area contributed by atoms with Gasteiger partial charge in [0, 0.05) is 42.5 Å². The molecule has 2 saturated heterocycles. The molecule has 27 heavy (non-hydrogen) atoms. The first-order valence-electron chi connectivity index (χ1n) is 9.57. The van der Waals surface area contributed by atoms with Crippen molar-refractivity contribution in [3.63, 3.8) is 0 Å². The molecule has 3 rings (SSSR count). The van der Waals surface area contributed by atoms with E-state index in [1.807, 2.05) is 35.7 Å². The van der Waals surface area contributed by atoms with Gasteiger partial charge in [-0.2, -0.15) is 0 Å². The van der Waals surface area contributed by atoms with Gasteiger partial charge in [-0.05, 0) is 43.4 Å². The second kappa shape index (κ2) is 8.31. The van der Waals surface area contributed by atoms with Gasteiger partial charge in [0.25, 0.3) is 0 Å². The van der Waals surface area contributed by atoms with E-state index < -0.39 is 0 Å². The number of urea groups is 1. The number of carbonyl (C=O) groups is 2. The van der Waals surface area contributed by atoms with Crippen LogP contribution in [0.2, 0.25) is 5.02 Å². The van der Waals surface area contributed by atoms with E-state index in [2.05, 4.69) is 24.1 Å². The average Bonchev–Trinajstić information content (AvgIpc) is 3.01. The van der Waals surface area contributed by atoms with Crippen LogP contribution in [0.25, 0.3) is 0 Å². The summed E-state index contributed by atoms with van der Waals surface area (Å²) < 4.78 is 0. The lowest BCUT2D eigenvalue weighted by Gasteiger charge is -2.44. The second-order valence-corrected chi connectivity index (χ2v) is 9.68. The van der Waals surface area contributed by atoms with E-state index in [0.717, 1.165) is 30.7 Å². The Morgan fingerprint density at radius 2 is 1.96 bits per heavy atom. The van der Waals surface area contributed by atoms with E-state index >= 15 is 0 Å². The molecule has 0 unspecified atom stereocenters. The Labute approximate surface area is 170 Å². The number of thioether (sulfide) groups is 1. The summed E-state index contributed by atoms with van der Waals surface area (Å²) in [5, 5.41) is 3.58. The molecule has 1 aromatic rings. The van der Waals surface area contributed by atoms with Gasteiger partial charge in [0.05, 0.1) is 4.87 Å². The van der Waals surface area contributed by atoms with Crippen LogP contribution in [0.5, 0.6) is 0 Å². The third-order valence-corrected chi connectivity index (χ3v) is 7.28. The van der Waals surface area contributed by atoms with Crippen LogP contribution in [0.4, 0.5) is 10.5 Å². The number of aryl methyl sites for hydroxylation is 1. The normalized spacial score (nSPS) is 19.0. The fraction of sp³-hybridized carbons (Fsp3) is 0.600. The molecule has 7 heteroatoms. The first kappa shape index (κ1) is 20.3. The first-order chi connectivity index (χ1) is 12.8. The molecule has 0 bridgehead atoms. The lowest BCUT2D eigenvalue weighted by atomic mass is 10.0. The minimum absolute atomic E-state index is 0.104. The van der Waals surface area contributed by atoms with E-state index in [-0.39, 0.29) is 16.8 Å². The average molecular weight is 410 g/mol. The van der Waals surface area contributed by atoms with Crippen LogP contribution in [0.1, 0.15) is 38.7 Å². The zero-order valence-corrected chi connectivity index (χ0v) is 17.8. The van der Waals surface area contributed by atoms with E-state index in [1.54, 1.807) is 6.07 Å². The van der Waals surface area contributed by atoms with Gasteiger partial charge >= 0.3 is 6.03 Å². The van der Waals surface area contributed by atoms with Gasteiger partial charge in [0.15, 0.2) is 0 Å². The van der Waals surface area contributed by atoms with Crippen molar-refractivity contribution in [1.82, 2.24) is 9.80 Å². The Kier molecular flexibility index (Phi) is 6.26. The minimum Gasteiger partial charge on any atom is -0.327 e. The van der Waals surface area contributed by atoms with Crippen LogP contribution in [-0.4, -0.2) is 52.0 Å². The Morgan fingerprint density at radius 1 is 1.26 bits per heavy atom. The van der Waals surface area contributed by atoms with Gasteiger partial charge in [0.2, 0.25) is 5.91 Å². The number of hydrogen-bond donors (Lipinski definition) is 1. The second-order valence-electron chi connectivity index (χ2n) is 7.82. The summed E-state index contributed by atoms with van der Waals surface area (Å²) in [6.07, 6.45) is 2.24. The van der Waals surface area contributed by atoms with Crippen molar-refractivity contribution in [3.05, 3.63) is 28.8 Å². The SMILES string of the molecule is Cc1ccc(NC(=O)N2CCC3(CC2)SCCN3C(=O)CC(C)C)cc1Cl. The summed E-state index contributed by atoms with van der Waals surface area (Å²) in [6, 6.07) is 5.44. The van der Waals surface area contributed by atoms with Gasteiger partial charge in [-0.15, -0.1) is 11.8 Å². The van der Waals surface area contributed by atoms with E-state index in [0.29, 0.717) is 36.1 Å². The molecular weight excluding hydrogens is 382 g/mol. The van der Waals surface area contributed by atoms with Gasteiger partial charge in [0.1, 0.15) is 0 Å². The summed E-state index contributed by atoms with van der Waals surface area (Å²) in [5.41, 5.74) is 1.69. The van der Waals surface area contributed by atoms with E-state index in [4.69, 9.17) is 11.6 Å². The molecule has 0 atom stereocenters. The number of likely N-dealkylation sites (tertiary alicyclic amines) is 1. The third kappa shape index (κ3) is 4.54. The Bertz CT molecular complexity index is 717. The molecule has 0 aromatic heterocycles. The van der Waals surface area contributed by atoms with Crippen molar-refractivity contribution in [2.24, 2.45) is 5.92 Å². The van der Waals surface area contributed by atoms with Gasteiger partial charge < -0.3 is 15.1 Å². The maximum absolute atomic E-state index is 12.7. The van der Waals surface area contributed by atoms with Crippen molar-refractivity contribution in [2.75, 3.05) is 30.7 Å². The van der Waals surface area contributed by atoms with E-state index in [1.165, 1.54) is 0 Å². The first-order valence-corrected chi connectivity index (χ1v) is 10.9. The maximum Gasteiger partial charge on any atom is 0.321 e. The molecule has 0 radical (unpaired) electrons. The van der Waals surface area contributed by atoms with Crippen molar-refractivity contribution in [2.45, 2.75) is 44.9 Å². The number of anilines is 1. The lowest BCUT2D eigenvalue weighted by Crippen LogP contribution is -2.54. The molecule has 1 spiro atoms. The molecule has 0 saturated carbocycles. The van der Waals surface area contributed by atoms with Crippen LogP contribution in [-0.2, 0) is 4.79 Å². The molecule has 0 aliphatic carbocycles. The molecule has 2 fully saturated rings. The standard InChI is InChI=1S/C20H28ClN3O2S/c1-14(2)12-18(25)24-10-11-27-20(24)6-8-23(9-7-20)19(26)22-16-5-4-15(3)17(21)13-16/h4-5,13-14H,6-12H2,1-3H3,(H,22,26). The zero-order chi connectivity index (χ0) is 19.6. The van der Waals surface area contributed by atoms with Crippen LogP contribution >= 0.6 is 23.4 Å². The summed E-state index contributed by atoms with van der Waals surface area (Å²) >= 11 is 8.02. The molecular formula is C20H28ClN3O2S. The van der Waals surface area contributed by atoms with Crippen molar-refractivity contribution >= 4 is 41.0 Å². The maximum atomic E-state index is 12.7. The number of carbonyl (C=O) groups excluding carboxylic acids is 2. The highest BCUT2D eigenvalue weighted by Crippen LogP contribution is 2.44. The van der Waals surface area contributed by atoms with Crippen molar-refractivity contribution in [1.29, 1.82) is 0 Å².